The maximum Gasteiger partial charge on any atom is 0.325 e. The molecule has 0 aromatic heterocycles. The minimum atomic E-state index is -0.778. The molecular formula is C14H18ClNO2. The number of benzene rings is 1. The molecule has 2 rings (SSSR count). The van der Waals surface area contributed by atoms with Gasteiger partial charge < -0.3 is 5.11 Å². The highest BCUT2D eigenvalue weighted by Crippen LogP contribution is 2.25. The van der Waals surface area contributed by atoms with Gasteiger partial charge in [-0.2, -0.15) is 0 Å². The molecule has 1 aromatic rings. The first-order valence-corrected chi connectivity index (χ1v) is 6.78. The largest absolute Gasteiger partial charge is 0.480 e. The number of carbonyl (C=O) groups is 1. The van der Waals surface area contributed by atoms with Crippen molar-refractivity contribution in [3.05, 3.63) is 34.9 Å². The normalized spacial score (nSPS) is 19.2. The number of rotatable bonds is 3. The van der Waals surface area contributed by atoms with Crippen LogP contribution in [0.4, 0.5) is 0 Å². The average molecular weight is 268 g/mol. The lowest BCUT2D eigenvalue weighted by Gasteiger charge is -2.27. The van der Waals surface area contributed by atoms with Gasteiger partial charge in [0.15, 0.2) is 0 Å². The van der Waals surface area contributed by atoms with Crippen molar-refractivity contribution < 1.29 is 9.90 Å². The van der Waals surface area contributed by atoms with E-state index >= 15 is 0 Å². The minimum absolute atomic E-state index is 0.541. The number of halogens is 1. The van der Waals surface area contributed by atoms with Crippen molar-refractivity contribution in [2.24, 2.45) is 0 Å². The van der Waals surface area contributed by atoms with Crippen LogP contribution in [-0.4, -0.2) is 29.1 Å². The average Bonchev–Trinajstić information content (AvgIpc) is 2.60. The molecule has 98 valence electrons. The second-order valence-electron chi connectivity index (χ2n) is 4.74. The number of nitrogens with zero attached hydrogens (tertiary/aromatic N) is 1. The van der Waals surface area contributed by atoms with E-state index in [0.29, 0.717) is 5.02 Å². The SMILES string of the molecule is O=C(O)C(c1ccc(Cl)cc1)N1CCCCCC1. The number of hydrogen-bond donors (Lipinski definition) is 1. The van der Waals surface area contributed by atoms with Crippen LogP contribution in [-0.2, 0) is 4.79 Å². The highest BCUT2D eigenvalue weighted by molar-refractivity contribution is 6.30. The number of likely N-dealkylation sites (tertiary alicyclic amines) is 1. The second-order valence-corrected chi connectivity index (χ2v) is 5.18. The molecule has 18 heavy (non-hydrogen) atoms. The van der Waals surface area contributed by atoms with Crippen LogP contribution in [0.15, 0.2) is 24.3 Å². The van der Waals surface area contributed by atoms with Crippen LogP contribution in [0.3, 0.4) is 0 Å². The highest BCUT2D eigenvalue weighted by atomic mass is 35.5. The van der Waals surface area contributed by atoms with Crippen LogP contribution < -0.4 is 0 Å². The van der Waals surface area contributed by atoms with Crippen molar-refractivity contribution in [3.8, 4) is 0 Å². The van der Waals surface area contributed by atoms with E-state index in [2.05, 4.69) is 4.90 Å². The first-order chi connectivity index (χ1) is 8.68. The van der Waals surface area contributed by atoms with Crippen LogP contribution in [0, 0.1) is 0 Å². The van der Waals surface area contributed by atoms with Crippen molar-refractivity contribution in [3.63, 3.8) is 0 Å². The molecule has 1 N–H and O–H groups in total. The summed E-state index contributed by atoms with van der Waals surface area (Å²) in [5.74, 6) is -0.778. The Hall–Kier alpha value is -1.06. The van der Waals surface area contributed by atoms with Gasteiger partial charge in [0.05, 0.1) is 0 Å². The van der Waals surface area contributed by atoms with Gasteiger partial charge >= 0.3 is 5.97 Å². The summed E-state index contributed by atoms with van der Waals surface area (Å²) in [6.45, 7) is 1.72. The molecule has 0 saturated carbocycles. The molecule has 1 aliphatic heterocycles. The molecule has 1 heterocycles. The van der Waals surface area contributed by atoms with E-state index in [1.54, 1.807) is 12.1 Å². The maximum atomic E-state index is 11.5. The third kappa shape index (κ3) is 3.24. The molecular weight excluding hydrogens is 250 g/mol. The third-order valence-electron chi connectivity index (χ3n) is 3.43. The van der Waals surface area contributed by atoms with Crippen LogP contribution in [0.1, 0.15) is 37.3 Å². The van der Waals surface area contributed by atoms with E-state index in [-0.39, 0.29) is 0 Å². The summed E-state index contributed by atoms with van der Waals surface area (Å²) in [5.41, 5.74) is 0.814. The number of aliphatic carboxylic acids is 1. The van der Waals surface area contributed by atoms with E-state index in [4.69, 9.17) is 11.6 Å². The predicted molar refractivity (Wildman–Crippen MR) is 71.9 cm³/mol. The Bertz CT molecular complexity index is 397. The summed E-state index contributed by atoms with van der Waals surface area (Å²) in [5, 5.41) is 10.1. The second kappa shape index (κ2) is 6.21. The van der Waals surface area contributed by atoms with Crippen LogP contribution in [0.2, 0.25) is 5.02 Å². The van der Waals surface area contributed by atoms with E-state index in [0.717, 1.165) is 31.5 Å². The molecule has 3 nitrogen and oxygen atoms in total. The van der Waals surface area contributed by atoms with Crippen molar-refractivity contribution in [1.29, 1.82) is 0 Å². The van der Waals surface area contributed by atoms with Gasteiger partial charge in [-0.15, -0.1) is 0 Å². The van der Waals surface area contributed by atoms with Gasteiger partial charge in [-0.05, 0) is 43.6 Å². The topological polar surface area (TPSA) is 40.5 Å². The third-order valence-corrected chi connectivity index (χ3v) is 3.68. The first-order valence-electron chi connectivity index (χ1n) is 6.41. The number of carboxylic acid groups (broad SMARTS) is 1. The smallest absolute Gasteiger partial charge is 0.325 e. The summed E-state index contributed by atoms with van der Waals surface area (Å²) in [7, 11) is 0. The van der Waals surface area contributed by atoms with Crippen molar-refractivity contribution >= 4 is 17.6 Å². The molecule has 4 heteroatoms. The molecule has 1 aromatic carbocycles. The number of hydrogen-bond acceptors (Lipinski definition) is 2. The first kappa shape index (κ1) is 13.4. The van der Waals surface area contributed by atoms with Crippen LogP contribution in [0.5, 0.6) is 0 Å². The summed E-state index contributed by atoms with van der Waals surface area (Å²) in [6.07, 6.45) is 4.56. The van der Waals surface area contributed by atoms with Gasteiger partial charge in [-0.1, -0.05) is 36.6 Å². The zero-order chi connectivity index (χ0) is 13.0. The summed E-state index contributed by atoms with van der Waals surface area (Å²) in [6, 6.07) is 6.59. The van der Waals surface area contributed by atoms with E-state index < -0.39 is 12.0 Å². The lowest BCUT2D eigenvalue weighted by molar-refractivity contribution is -0.143. The van der Waals surface area contributed by atoms with Gasteiger partial charge in [-0.25, -0.2) is 0 Å². The van der Waals surface area contributed by atoms with E-state index in [1.807, 2.05) is 12.1 Å². The van der Waals surface area contributed by atoms with Crippen molar-refractivity contribution in [2.75, 3.05) is 13.1 Å². The van der Waals surface area contributed by atoms with E-state index in [1.165, 1.54) is 12.8 Å². The molecule has 0 spiro atoms. The monoisotopic (exact) mass is 267 g/mol. The summed E-state index contributed by atoms with van der Waals surface area (Å²) < 4.78 is 0. The Morgan fingerprint density at radius 3 is 2.17 bits per heavy atom. The molecule has 0 aliphatic carbocycles. The van der Waals surface area contributed by atoms with Gasteiger partial charge in [0.1, 0.15) is 6.04 Å². The Balaban J connectivity index is 2.21. The molecule has 1 unspecified atom stereocenters. The number of carboxylic acids is 1. The fourth-order valence-electron chi connectivity index (χ4n) is 2.51. The van der Waals surface area contributed by atoms with E-state index in [9.17, 15) is 9.90 Å². The molecule has 1 fully saturated rings. The Morgan fingerprint density at radius 2 is 1.67 bits per heavy atom. The van der Waals surface area contributed by atoms with Crippen molar-refractivity contribution in [2.45, 2.75) is 31.7 Å². The highest BCUT2D eigenvalue weighted by Gasteiger charge is 2.27. The summed E-state index contributed by atoms with van der Waals surface area (Å²) >= 11 is 5.85. The Morgan fingerprint density at radius 1 is 1.11 bits per heavy atom. The minimum Gasteiger partial charge on any atom is -0.480 e. The fraction of sp³-hybridized carbons (Fsp3) is 0.500. The molecule has 0 radical (unpaired) electrons. The van der Waals surface area contributed by atoms with Gasteiger partial charge in [0.25, 0.3) is 0 Å². The lowest BCUT2D eigenvalue weighted by atomic mass is 10.1. The van der Waals surface area contributed by atoms with Crippen LogP contribution in [0.25, 0.3) is 0 Å². The van der Waals surface area contributed by atoms with Crippen LogP contribution >= 0.6 is 11.6 Å². The quantitative estimate of drug-likeness (QED) is 0.913. The van der Waals surface area contributed by atoms with Gasteiger partial charge in [0.2, 0.25) is 0 Å². The molecule has 1 saturated heterocycles. The van der Waals surface area contributed by atoms with Gasteiger partial charge in [-0.3, -0.25) is 9.69 Å². The standard InChI is InChI=1S/C14H18ClNO2/c15-12-7-5-11(6-8-12)13(14(17)18)16-9-3-1-2-4-10-16/h5-8,13H,1-4,9-10H2,(H,17,18). The molecule has 0 amide bonds. The molecule has 0 bridgehead atoms. The Kier molecular flexibility index (Phi) is 4.61. The zero-order valence-electron chi connectivity index (χ0n) is 10.3. The molecule has 1 atom stereocenters. The predicted octanol–water partition coefficient (Wildman–Crippen LogP) is 3.34. The summed E-state index contributed by atoms with van der Waals surface area (Å²) in [4.78, 5) is 13.6. The zero-order valence-corrected chi connectivity index (χ0v) is 11.1. The molecule has 1 aliphatic rings. The fourth-order valence-corrected chi connectivity index (χ4v) is 2.63. The van der Waals surface area contributed by atoms with Gasteiger partial charge in [0, 0.05) is 5.02 Å². The Labute approximate surface area is 112 Å². The maximum absolute atomic E-state index is 11.5. The lowest BCUT2D eigenvalue weighted by Crippen LogP contribution is -2.34. The van der Waals surface area contributed by atoms with Crippen molar-refractivity contribution in [1.82, 2.24) is 4.90 Å².